The molecule has 0 atom stereocenters. The number of hydrogen-bond donors (Lipinski definition) is 0. The fourth-order valence-corrected chi connectivity index (χ4v) is 2.72. The molecule has 0 saturated carbocycles. The van der Waals surface area contributed by atoms with Crippen LogP contribution in [0.25, 0.3) is 11.1 Å². The maximum atomic E-state index is 3.34. The van der Waals surface area contributed by atoms with E-state index in [0.29, 0.717) is 0 Å². The predicted octanol–water partition coefficient (Wildman–Crippen LogP) is -0.946. The number of aryl methyl sites for hydroxylation is 2. The Hall–Kier alpha value is -0.877. The zero-order valence-electron chi connectivity index (χ0n) is 13.9. The minimum atomic E-state index is 0. The zero-order valence-corrected chi connectivity index (χ0v) is 17.9. The molecule has 1 aliphatic carbocycles. The van der Waals surface area contributed by atoms with Crippen molar-refractivity contribution in [3.8, 4) is 11.1 Å². The Morgan fingerprint density at radius 1 is 1.00 bits per heavy atom. The number of rotatable bonds is 0. The van der Waals surface area contributed by atoms with Gasteiger partial charge in [-0.15, -0.1) is 5.56 Å². The summed E-state index contributed by atoms with van der Waals surface area (Å²) in [5.74, 6) is 0. The van der Waals surface area contributed by atoms with Gasteiger partial charge in [0.15, 0.2) is 0 Å². The molecule has 0 bridgehead atoms. The van der Waals surface area contributed by atoms with E-state index in [-0.39, 0.29) is 24.8 Å². The van der Waals surface area contributed by atoms with Crippen LogP contribution in [0.2, 0.25) is 0 Å². The van der Waals surface area contributed by atoms with Crippen LogP contribution in [-0.2, 0) is 30.7 Å². The van der Waals surface area contributed by atoms with E-state index in [1.54, 1.807) is 0 Å². The summed E-state index contributed by atoms with van der Waals surface area (Å²) < 4.78 is 3.34. The molecule has 124 valence electrons. The van der Waals surface area contributed by atoms with Crippen LogP contribution < -0.4 is 24.8 Å². The summed E-state index contributed by atoms with van der Waals surface area (Å²) in [6, 6.07) is 24.5. The second kappa shape index (κ2) is 11.6. The molecule has 0 unspecified atom stereocenters. The van der Waals surface area contributed by atoms with E-state index in [1.165, 1.54) is 57.6 Å². The monoisotopic (exact) mass is 432 g/mol. The molecule has 0 spiro atoms. The molecule has 1 aliphatic rings. The maximum Gasteiger partial charge on any atom is -0.0253 e. The van der Waals surface area contributed by atoms with E-state index >= 15 is 0 Å². The summed E-state index contributed by atoms with van der Waals surface area (Å²) in [6.45, 7) is 4.21. The Kier molecular flexibility index (Phi) is 11.2. The molecule has 0 aromatic heterocycles. The molecule has 3 aromatic rings. The van der Waals surface area contributed by atoms with Crippen LogP contribution in [0.1, 0.15) is 22.3 Å². The maximum absolute atomic E-state index is 3.34. The topological polar surface area (TPSA) is 0 Å². The molecule has 3 heteroatoms. The fraction of sp³-hybridized carbons (Fsp3) is 0.143. The molecule has 0 N–H and O–H groups in total. The Labute approximate surface area is 172 Å². The largest absolute Gasteiger partial charge is 1.00 e. The molecule has 0 amide bonds. The summed E-state index contributed by atoms with van der Waals surface area (Å²) in [5.41, 5.74) is 8.23. The van der Waals surface area contributed by atoms with Gasteiger partial charge in [0.1, 0.15) is 0 Å². The number of halogens is 2. The quantitative estimate of drug-likeness (QED) is 0.313. The third kappa shape index (κ3) is 5.89. The minimum absolute atomic E-state index is 0. The van der Waals surface area contributed by atoms with Gasteiger partial charge in [-0.1, -0.05) is 49.2 Å². The van der Waals surface area contributed by atoms with Crippen LogP contribution in [-0.4, -0.2) is 4.21 Å². The Morgan fingerprint density at radius 2 is 1.67 bits per heavy atom. The van der Waals surface area contributed by atoms with Gasteiger partial charge in [-0.05, 0) is 6.42 Å². The minimum Gasteiger partial charge on any atom is -1.00 e. The molecule has 4 rings (SSSR count). The number of benzene rings is 2. The SMILES string of the molecule is Cc1c[cH-]c(C)c1.[CH2]=[Zr+2].[Cl-].[Cl-].[c-]1cccc2c1Cc1ccccc1-2. The Balaban J connectivity index is 0.000000419. The third-order valence-electron chi connectivity index (χ3n) is 3.68. The van der Waals surface area contributed by atoms with Gasteiger partial charge in [0, 0.05) is 0 Å². The molecular formula is C21H20Cl2Zr-2. The molecule has 0 saturated heterocycles. The molecule has 3 aromatic carbocycles. The molecule has 0 heterocycles. The van der Waals surface area contributed by atoms with Crippen molar-refractivity contribution in [1.82, 2.24) is 0 Å². The van der Waals surface area contributed by atoms with Crippen molar-refractivity contribution in [3.05, 3.63) is 89.0 Å². The first-order chi connectivity index (χ1) is 10.7. The molecule has 0 fully saturated rings. The van der Waals surface area contributed by atoms with Crippen LogP contribution in [0.15, 0.2) is 60.7 Å². The van der Waals surface area contributed by atoms with E-state index in [9.17, 15) is 0 Å². The van der Waals surface area contributed by atoms with Gasteiger partial charge < -0.3 is 24.8 Å². The van der Waals surface area contributed by atoms with Crippen molar-refractivity contribution in [1.29, 1.82) is 0 Å². The van der Waals surface area contributed by atoms with Crippen LogP contribution in [0, 0.1) is 19.9 Å². The zero-order chi connectivity index (χ0) is 15.9. The molecule has 24 heavy (non-hydrogen) atoms. The van der Waals surface area contributed by atoms with Gasteiger partial charge in [0.2, 0.25) is 0 Å². The van der Waals surface area contributed by atoms with Crippen molar-refractivity contribution in [2.24, 2.45) is 0 Å². The van der Waals surface area contributed by atoms with Crippen LogP contribution in [0.3, 0.4) is 0 Å². The predicted molar refractivity (Wildman–Crippen MR) is 92.2 cm³/mol. The summed E-state index contributed by atoms with van der Waals surface area (Å²) in [7, 11) is 0. The van der Waals surface area contributed by atoms with Crippen molar-refractivity contribution >= 4 is 4.21 Å². The fourth-order valence-electron chi connectivity index (χ4n) is 2.72. The van der Waals surface area contributed by atoms with Crippen molar-refractivity contribution in [2.75, 3.05) is 0 Å². The van der Waals surface area contributed by atoms with Gasteiger partial charge in [-0.25, -0.2) is 11.6 Å². The normalized spacial score (nSPS) is 9.67. The van der Waals surface area contributed by atoms with Crippen LogP contribution in [0.5, 0.6) is 0 Å². The van der Waals surface area contributed by atoms with Crippen LogP contribution in [0.4, 0.5) is 0 Å². The molecule has 0 radical (unpaired) electrons. The van der Waals surface area contributed by atoms with Crippen molar-refractivity contribution in [2.45, 2.75) is 20.3 Å². The smallest absolute Gasteiger partial charge is 0.0253 e. The summed E-state index contributed by atoms with van der Waals surface area (Å²) >= 11 is 1.30. The second-order valence-electron chi connectivity index (χ2n) is 5.36. The average Bonchev–Trinajstić information content (AvgIpc) is 3.12. The standard InChI is InChI=1S/C13H9.C7H9.CH2.2ClH.Zr/c1-3-7-12-10(5-1)9-11-6-2-4-8-13(11)12;1-6-3-4-7(2)5-6;;;;/h1-5,7-8H,9H2;3-5H,1-2H3;1H2;2*1H;/q2*-1;;;;+2/p-2. The van der Waals surface area contributed by atoms with Gasteiger partial charge in [0.05, 0.1) is 0 Å². The van der Waals surface area contributed by atoms with E-state index < -0.39 is 0 Å². The van der Waals surface area contributed by atoms with Crippen molar-refractivity contribution < 1.29 is 49.0 Å². The van der Waals surface area contributed by atoms with Gasteiger partial charge in [-0.3, -0.25) is 0 Å². The van der Waals surface area contributed by atoms with Crippen LogP contribution >= 0.6 is 0 Å². The Morgan fingerprint density at radius 3 is 2.25 bits per heavy atom. The first-order valence-electron chi connectivity index (χ1n) is 7.37. The number of hydrogen-bond acceptors (Lipinski definition) is 0. The Bertz CT molecular complexity index is 687. The van der Waals surface area contributed by atoms with E-state index in [0.717, 1.165) is 6.42 Å². The van der Waals surface area contributed by atoms with E-state index in [1.807, 2.05) is 6.07 Å². The molecule has 0 aliphatic heterocycles. The average molecular weight is 435 g/mol. The summed E-state index contributed by atoms with van der Waals surface area (Å²) in [6.07, 6.45) is 1.05. The second-order valence-corrected chi connectivity index (χ2v) is 5.36. The molecular weight excluding hydrogens is 414 g/mol. The van der Waals surface area contributed by atoms with Gasteiger partial charge in [-0.2, -0.15) is 47.5 Å². The van der Waals surface area contributed by atoms with E-state index in [2.05, 4.69) is 78.7 Å². The van der Waals surface area contributed by atoms with E-state index in [4.69, 9.17) is 0 Å². The first-order valence-corrected chi connectivity index (χ1v) is 9.11. The van der Waals surface area contributed by atoms with Gasteiger partial charge >= 0.3 is 28.4 Å². The molecule has 0 nitrogen and oxygen atoms in total. The third-order valence-corrected chi connectivity index (χ3v) is 3.68. The summed E-state index contributed by atoms with van der Waals surface area (Å²) in [5, 5.41) is 0. The van der Waals surface area contributed by atoms with Gasteiger partial charge in [0.25, 0.3) is 0 Å². The number of fused-ring (bicyclic) bond motifs is 3. The van der Waals surface area contributed by atoms with Crippen molar-refractivity contribution in [3.63, 3.8) is 0 Å². The first kappa shape index (κ1) is 23.1. The summed E-state index contributed by atoms with van der Waals surface area (Å²) in [4.78, 5) is 0.